The number of carbonyl (C=O) groups is 1. The van der Waals surface area contributed by atoms with E-state index in [1.54, 1.807) is 0 Å². The molecule has 2 amide bonds. The van der Waals surface area contributed by atoms with E-state index in [2.05, 4.69) is 22.9 Å². The van der Waals surface area contributed by atoms with Gasteiger partial charge in [-0.25, -0.2) is 4.79 Å². The molecule has 0 spiro atoms. The number of para-hydroxylation sites is 1. The van der Waals surface area contributed by atoms with Crippen molar-refractivity contribution in [3.8, 4) is 0 Å². The summed E-state index contributed by atoms with van der Waals surface area (Å²) in [4.78, 5) is 11.4. The molecule has 4 heteroatoms. The lowest BCUT2D eigenvalue weighted by molar-refractivity contribution is 0.237. The lowest BCUT2D eigenvalue weighted by atomic mass is 10.3. The fourth-order valence-corrected chi connectivity index (χ4v) is 1.46. The second-order valence-electron chi connectivity index (χ2n) is 4.36. The zero-order valence-corrected chi connectivity index (χ0v) is 11.2. The fraction of sp³-hybridized carbons (Fsp3) is 0.500. The maximum atomic E-state index is 11.4. The second-order valence-corrected chi connectivity index (χ2v) is 4.36. The molecule has 0 aliphatic rings. The van der Waals surface area contributed by atoms with Crippen LogP contribution < -0.4 is 16.0 Å². The minimum atomic E-state index is -0.0796. The number of amides is 2. The molecule has 0 bridgehead atoms. The van der Waals surface area contributed by atoms with Crippen molar-refractivity contribution in [2.75, 3.05) is 18.4 Å². The lowest BCUT2D eigenvalue weighted by Crippen LogP contribution is -2.41. The van der Waals surface area contributed by atoms with E-state index >= 15 is 0 Å². The Kier molecular flexibility index (Phi) is 6.69. The molecule has 0 aliphatic carbocycles. The van der Waals surface area contributed by atoms with Crippen LogP contribution in [0.3, 0.4) is 0 Å². The Morgan fingerprint density at radius 1 is 1.22 bits per heavy atom. The van der Waals surface area contributed by atoms with Crippen molar-refractivity contribution in [1.82, 2.24) is 10.6 Å². The van der Waals surface area contributed by atoms with Gasteiger partial charge in [0, 0.05) is 24.8 Å². The van der Waals surface area contributed by atoms with Crippen molar-refractivity contribution in [1.29, 1.82) is 0 Å². The molecule has 0 saturated carbocycles. The molecular weight excluding hydrogens is 226 g/mol. The Hall–Kier alpha value is -1.71. The van der Waals surface area contributed by atoms with E-state index in [9.17, 15) is 4.79 Å². The van der Waals surface area contributed by atoms with Crippen molar-refractivity contribution in [2.45, 2.75) is 32.7 Å². The molecule has 0 aliphatic heterocycles. The Morgan fingerprint density at radius 3 is 2.61 bits per heavy atom. The Morgan fingerprint density at radius 2 is 1.94 bits per heavy atom. The maximum Gasteiger partial charge on any atom is 0.314 e. The predicted molar refractivity (Wildman–Crippen MR) is 75.8 cm³/mol. The van der Waals surface area contributed by atoms with E-state index in [1.165, 1.54) is 0 Å². The molecule has 1 aromatic carbocycles. The molecule has 0 heterocycles. The molecular formula is C14H23N3O. The summed E-state index contributed by atoms with van der Waals surface area (Å²) in [6.45, 7) is 5.58. The number of nitrogens with one attached hydrogen (secondary N) is 3. The summed E-state index contributed by atoms with van der Waals surface area (Å²) in [7, 11) is 0. The number of urea groups is 1. The van der Waals surface area contributed by atoms with Gasteiger partial charge in [-0.3, -0.25) is 0 Å². The normalized spacial score (nSPS) is 11.7. The quantitative estimate of drug-likeness (QED) is 0.651. The van der Waals surface area contributed by atoms with Gasteiger partial charge in [-0.05, 0) is 31.9 Å². The number of anilines is 1. The van der Waals surface area contributed by atoms with Crippen molar-refractivity contribution in [2.24, 2.45) is 0 Å². The van der Waals surface area contributed by atoms with Gasteiger partial charge in [-0.2, -0.15) is 0 Å². The molecule has 0 fully saturated rings. The van der Waals surface area contributed by atoms with Gasteiger partial charge in [0.2, 0.25) is 0 Å². The Bertz CT molecular complexity index is 340. The van der Waals surface area contributed by atoms with Crippen molar-refractivity contribution in [3.63, 3.8) is 0 Å². The van der Waals surface area contributed by atoms with Crippen LogP contribution in [-0.2, 0) is 0 Å². The van der Waals surface area contributed by atoms with Crippen LogP contribution in [-0.4, -0.2) is 25.2 Å². The van der Waals surface area contributed by atoms with Gasteiger partial charge >= 0.3 is 6.03 Å². The third-order valence-electron chi connectivity index (χ3n) is 2.73. The van der Waals surface area contributed by atoms with Gasteiger partial charge in [-0.15, -0.1) is 0 Å². The summed E-state index contributed by atoms with van der Waals surface area (Å²) in [6, 6.07) is 10.2. The van der Waals surface area contributed by atoms with Crippen LogP contribution in [0.2, 0.25) is 0 Å². The van der Waals surface area contributed by atoms with Gasteiger partial charge in [0.25, 0.3) is 0 Å². The molecule has 1 aromatic rings. The first kappa shape index (κ1) is 14.4. The summed E-state index contributed by atoms with van der Waals surface area (Å²) in [5.74, 6) is 0. The highest BCUT2D eigenvalue weighted by Gasteiger charge is 2.03. The molecule has 3 N–H and O–H groups in total. The monoisotopic (exact) mass is 249 g/mol. The molecule has 1 rings (SSSR count). The minimum Gasteiger partial charge on any atom is -0.385 e. The van der Waals surface area contributed by atoms with Gasteiger partial charge < -0.3 is 16.0 Å². The zero-order valence-electron chi connectivity index (χ0n) is 11.2. The molecule has 0 saturated heterocycles. The number of hydrogen-bond acceptors (Lipinski definition) is 2. The maximum absolute atomic E-state index is 11.4. The van der Waals surface area contributed by atoms with E-state index < -0.39 is 0 Å². The molecule has 18 heavy (non-hydrogen) atoms. The summed E-state index contributed by atoms with van der Waals surface area (Å²) >= 11 is 0. The molecule has 1 unspecified atom stereocenters. The first-order chi connectivity index (χ1) is 8.72. The van der Waals surface area contributed by atoms with E-state index in [0.29, 0.717) is 6.54 Å². The van der Waals surface area contributed by atoms with Gasteiger partial charge in [0.15, 0.2) is 0 Å². The minimum absolute atomic E-state index is 0.0796. The molecule has 0 aromatic heterocycles. The highest BCUT2D eigenvalue weighted by Crippen LogP contribution is 2.03. The summed E-state index contributed by atoms with van der Waals surface area (Å²) < 4.78 is 0. The van der Waals surface area contributed by atoms with Gasteiger partial charge in [0.05, 0.1) is 0 Å². The topological polar surface area (TPSA) is 53.2 Å². The SMILES string of the molecule is CCC(C)NC(=O)NCCCNc1ccccc1. The zero-order chi connectivity index (χ0) is 13.2. The van der Waals surface area contributed by atoms with Crippen molar-refractivity contribution >= 4 is 11.7 Å². The van der Waals surface area contributed by atoms with E-state index in [0.717, 1.165) is 25.1 Å². The van der Waals surface area contributed by atoms with Gasteiger partial charge in [-0.1, -0.05) is 25.1 Å². The van der Waals surface area contributed by atoms with Crippen molar-refractivity contribution in [3.05, 3.63) is 30.3 Å². The smallest absolute Gasteiger partial charge is 0.314 e. The largest absolute Gasteiger partial charge is 0.385 e. The molecule has 0 radical (unpaired) electrons. The number of benzene rings is 1. The van der Waals surface area contributed by atoms with E-state index in [4.69, 9.17) is 0 Å². The van der Waals surface area contributed by atoms with E-state index in [-0.39, 0.29) is 12.1 Å². The average Bonchev–Trinajstić information content (AvgIpc) is 2.39. The van der Waals surface area contributed by atoms with Crippen LogP contribution in [0.25, 0.3) is 0 Å². The van der Waals surface area contributed by atoms with Crippen LogP contribution in [0.4, 0.5) is 10.5 Å². The standard InChI is InChI=1S/C14H23N3O/c1-3-12(2)17-14(18)16-11-7-10-15-13-8-5-4-6-9-13/h4-6,8-9,12,15H,3,7,10-11H2,1-2H3,(H2,16,17,18). The van der Waals surface area contributed by atoms with Crippen LogP contribution >= 0.6 is 0 Å². The summed E-state index contributed by atoms with van der Waals surface area (Å²) in [5, 5.41) is 9.01. The highest BCUT2D eigenvalue weighted by molar-refractivity contribution is 5.74. The first-order valence-corrected chi connectivity index (χ1v) is 6.55. The second kappa shape index (κ2) is 8.39. The third-order valence-corrected chi connectivity index (χ3v) is 2.73. The Balaban J connectivity index is 2.03. The van der Waals surface area contributed by atoms with Crippen LogP contribution in [0.1, 0.15) is 26.7 Å². The third kappa shape index (κ3) is 6.13. The van der Waals surface area contributed by atoms with Crippen LogP contribution in [0.15, 0.2) is 30.3 Å². The summed E-state index contributed by atoms with van der Waals surface area (Å²) in [6.07, 6.45) is 1.85. The lowest BCUT2D eigenvalue weighted by Gasteiger charge is -2.12. The van der Waals surface area contributed by atoms with Crippen molar-refractivity contribution < 1.29 is 4.79 Å². The molecule has 1 atom stereocenters. The molecule has 4 nitrogen and oxygen atoms in total. The van der Waals surface area contributed by atoms with Crippen LogP contribution in [0.5, 0.6) is 0 Å². The number of hydrogen-bond donors (Lipinski definition) is 3. The van der Waals surface area contributed by atoms with E-state index in [1.807, 2.05) is 37.3 Å². The number of rotatable bonds is 7. The summed E-state index contributed by atoms with van der Waals surface area (Å²) in [5.41, 5.74) is 1.11. The average molecular weight is 249 g/mol. The highest BCUT2D eigenvalue weighted by atomic mass is 16.2. The molecule has 100 valence electrons. The number of carbonyl (C=O) groups excluding carboxylic acids is 1. The fourth-order valence-electron chi connectivity index (χ4n) is 1.46. The van der Waals surface area contributed by atoms with Gasteiger partial charge in [0.1, 0.15) is 0 Å². The predicted octanol–water partition coefficient (Wildman–Crippen LogP) is 2.59. The first-order valence-electron chi connectivity index (χ1n) is 6.55. The Labute approximate surface area is 109 Å². The van der Waals surface area contributed by atoms with Crippen LogP contribution in [0, 0.1) is 0 Å².